The van der Waals surface area contributed by atoms with Gasteiger partial charge in [0, 0.05) is 6.92 Å². The zero-order valence-corrected chi connectivity index (χ0v) is 11.0. The molecule has 1 amide bonds. The normalized spacial score (nSPS) is 13.5. The molecule has 2 atom stereocenters. The van der Waals surface area contributed by atoms with Gasteiger partial charge in [-0.05, 0) is 19.4 Å². The number of hydrogen-bond donors (Lipinski definition) is 1. The van der Waals surface area contributed by atoms with Crippen LogP contribution in [0.2, 0.25) is 0 Å². The number of esters is 1. The van der Waals surface area contributed by atoms with Crippen LogP contribution in [0.1, 0.15) is 32.4 Å². The number of amides is 1. The number of ether oxygens (including phenoxy) is 1. The molecule has 1 rings (SSSR count). The fourth-order valence-electron chi connectivity index (χ4n) is 1.79. The van der Waals surface area contributed by atoms with E-state index in [1.54, 1.807) is 13.8 Å². The smallest absolute Gasteiger partial charge is 0.311 e. The molecular weight excluding hydrogens is 230 g/mol. The van der Waals surface area contributed by atoms with E-state index < -0.39 is 5.92 Å². The molecule has 98 valence electrons. The minimum absolute atomic E-state index is 0.167. The lowest BCUT2D eigenvalue weighted by molar-refractivity contribution is -0.148. The summed E-state index contributed by atoms with van der Waals surface area (Å²) in [5, 5.41) is 2.80. The number of hydrogen-bond acceptors (Lipinski definition) is 3. The molecule has 4 heteroatoms. The van der Waals surface area contributed by atoms with Gasteiger partial charge in [0.1, 0.15) is 0 Å². The Labute approximate surface area is 107 Å². The average molecular weight is 249 g/mol. The molecule has 0 aliphatic carbocycles. The maximum atomic E-state index is 11.8. The topological polar surface area (TPSA) is 55.4 Å². The van der Waals surface area contributed by atoms with Gasteiger partial charge in [-0.3, -0.25) is 9.59 Å². The zero-order valence-electron chi connectivity index (χ0n) is 11.0. The van der Waals surface area contributed by atoms with Gasteiger partial charge in [0.05, 0.1) is 18.6 Å². The maximum Gasteiger partial charge on any atom is 0.311 e. The van der Waals surface area contributed by atoms with E-state index in [1.165, 1.54) is 6.92 Å². The van der Waals surface area contributed by atoms with E-state index in [1.807, 2.05) is 30.3 Å². The predicted octanol–water partition coefficient (Wildman–Crippen LogP) is 2.06. The van der Waals surface area contributed by atoms with E-state index >= 15 is 0 Å². The van der Waals surface area contributed by atoms with E-state index in [0.29, 0.717) is 6.61 Å². The monoisotopic (exact) mass is 249 g/mol. The van der Waals surface area contributed by atoms with Gasteiger partial charge < -0.3 is 10.1 Å². The van der Waals surface area contributed by atoms with Crippen LogP contribution in [0.5, 0.6) is 0 Å². The second kappa shape index (κ2) is 6.79. The lowest BCUT2D eigenvalue weighted by Gasteiger charge is -2.23. The molecule has 1 aromatic carbocycles. The summed E-state index contributed by atoms with van der Waals surface area (Å²) >= 11 is 0. The molecule has 1 aromatic rings. The molecule has 0 aliphatic rings. The Morgan fingerprint density at radius 1 is 1.28 bits per heavy atom. The number of nitrogens with one attached hydrogen (secondary N) is 1. The number of carbonyl (C=O) groups is 2. The molecule has 0 saturated carbocycles. The second-order valence-electron chi connectivity index (χ2n) is 4.13. The molecule has 18 heavy (non-hydrogen) atoms. The molecule has 0 heterocycles. The van der Waals surface area contributed by atoms with E-state index in [9.17, 15) is 9.59 Å². The quantitative estimate of drug-likeness (QED) is 0.813. The standard InChI is InChI=1S/C14H19NO3/c1-4-18-14(17)10(2)13(15-11(3)16)12-8-6-5-7-9-12/h5-10,13H,4H2,1-3H3,(H,15,16)/t10-,13-/m1/s1. The van der Waals surface area contributed by atoms with Gasteiger partial charge >= 0.3 is 5.97 Å². The van der Waals surface area contributed by atoms with Gasteiger partial charge in [-0.15, -0.1) is 0 Å². The van der Waals surface area contributed by atoms with Crippen molar-refractivity contribution >= 4 is 11.9 Å². The van der Waals surface area contributed by atoms with Crippen molar-refractivity contribution in [2.24, 2.45) is 5.92 Å². The zero-order chi connectivity index (χ0) is 13.5. The lowest BCUT2D eigenvalue weighted by atomic mass is 9.94. The highest BCUT2D eigenvalue weighted by molar-refractivity contribution is 5.77. The summed E-state index contributed by atoms with van der Waals surface area (Å²) < 4.78 is 5.00. The van der Waals surface area contributed by atoms with E-state index in [4.69, 9.17) is 4.74 Å². The minimum atomic E-state index is -0.420. The van der Waals surface area contributed by atoms with Crippen molar-refractivity contribution in [3.8, 4) is 0 Å². The van der Waals surface area contributed by atoms with E-state index in [2.05, 4.69) is 5.32 Å². The molecule has 0 spiro atoms. The first-order chi connectivity index (χ1) is 8.56. The molecule has 0 radical (unpaired) electrons. The van der Waals surface area contributed by atoms with E-state index in [0.717, 1.165) is 5.56 Å². The lowest BCUT2D eigenvalue weighted by Crippen LogP contribution is -2.35. The van der Waals surface area contributed by atoms with E-state index in [-0.39, 0.29) is 17.9 Å². The van der Waals surface area contributed by atoms with Crippen LogP contribution < -0.4 is 5.32 Å². The van der Waals surface area contributed by atoms with Crippen LogP contribution in [0.25, 0.3) is 0 Å². The SMILES string of the molecule is CCOC(=O)[C@H](C)[C@@H](NC(C)=O)c1ccccc1. The minimum Gasteiger partial charge on any atom is -0.466 e. The van der Waals surface area contributed by atoms with Crippen molar-refractivity contribution < 1.29 is 14.3 Å². The van der Waals surface area contributed by atoms with Gasteiger partial charge in [-0.2, -0.15) is 0 Å². The fraction of sp³-hybridized carbons (Fsp3) is 0.429. The van der Waals surface area contributed by atoms with Crippen molar-refractivity contribution in [3.05, 3.63) is 35.9 Å². The molecule has 0 fully saturated rings. The molecule has 0 bridgehead atoms. The van der Waals surface area contributed by atoms with Crippen LogP contribution in [-0.2, 0) is 14.3 Å². The molecule has 0 unspecified atom stereocenters. The van der Waals surface area contributed by atoms with Gasteiger partial charge in [0.2, 0.25) is 5.91 Å². The highest BCUT2D eigenvalue weighted by Crippen LogP contribution is 2.22. The van der Waals surface area contributed by atoms with Crippen LogP contribution in [0.15, 0.2) is 30.3 Å². The number of carbonyl (C=O) groups excluding carboxylic acids is 2. The Bertz CT molecular complexity index is 403. The Morgan fingerprint density at radius 2 is 1.89 bits per heavy atom. The Morgan fingerprint density at radius 3 is 2.39 bits per heavy atom. The maximum absolute atomic E-state index is 11.8. The summed E-state index contributed by atoms with van der Waals surface area (Å²) in [5.41, 5.74) is 0.897. The Hall–Kier alpha value is -1.84. The predicted molar refractivity (Wildman–Crippen MR) is 68.8 cm³/mol. The molecule has 0 aromatic heterocycles. The van der Waals surface area contributed by atoms with Gasteiger partial charge in [0.25, 0.3) is 0 Å². The largest absolute Gasteiger partial charge is 0.466 e. The molecule has 4 nitrogen and oxygen atoms in total. The summed E-state index contributed by atoms with van der Waals surface area (Å²) in [7, 11) is 0. The number of benzene rings is 1. The van der Waals surface area contributed by atoms with Crippen molar-refractivity contribution in [3.63, 3.8) is 0 Å². The molecular formula is C14H19NO3. The first kappa shape index (κ1) is 14.2. The van der Waals surface area contributed by atoms with Crippen LogP contribution >= 0.6 is 0 Å². The highest BCUT2D eigenvalue weighted by Gasteiger charge is 2.27. The summed E-state index contributed by atoms with van der Waals surface area (Å²) in [4.78, 5) is 23.0. The first-order valence-corrected chi connectivity index (χ1v) is 6.05. The average Bonchev–Trinajstić information content (AvgIpc) is 2.36. The van der Waals surface area contributed by atoms with Crippen LogP contribution in [0.3, 0.4) is 0 Å². The van der Waals surface area contributed by atoms with Gasteiger partial charge in [-0.25, -0.2) is 0 Å². The first-order valence-electron chi connectivity index (χ1n) is 6.05. The molecule has 0 saturated heterocycles. The van der Waals surface area contributed by atoms with Crippen molar-refractivity contribution in [2.75, 3.05) is 6.61 Å². The number of rotatable bonds is 5. The third-order valence-corrected chi connectivity index (χ3v) is 2.68. The molecule has 0 aliphatic heterocycles. The van der Waals surface area contributed by atoms with Gasteiger partial charge in [-0.1, -0.05) is 30.3 Å². The third-order valence-electron chi connectivity index (χ3n) is 2.68. The van der Waals surface area contributed by atoms with Crippen molar-refractivity contribution in [2.45, 2.75) is 26.8 Å². The third kappa shape index (κ3) is 3.87. The fourth-order valence-corrected chi connectivity index (χ4v) is 1.79. The van der Waals surface area contributed by atoms with Crippen LogP contribution in [0, 0.1) is 5.92 Å². The van der Waals surface area contributed by atoms with Crippen molar-refractivity contribution in [1.29, 1.82) is 0 Å². The second-order valence-corrected chi connectivity index (χ2v) is 4.13. The molecule has 1 N–H and O–H groups in total. The van der Waals surface area contributed by atoms with Crippen LogP contribution in [-0.4, -0.2) is 18.5 Å². The summed E-state index contributed by atoms with van der Waals surface area (Å²) in [6, 6.07) is 9.06. The summed E-state index contributed by atoms with van der Waals surface area (Å²) in [6.45, 7) is 5.30. The van der Waals surface area contributed by atoms with Gasteiger partial charge in [0.15, 0.2) is 0 Å². The highest BCUT2D eigenvalue weighted by atomic mass is 16.5. The van der Waals surface area contributed by atoms with Crippen molar-refractivity contribution in [1.82, 2.24) is 5.32 Å². The summed E-state index contributed by atoms with van der Waals surface area (Å²) in [6.07, 6.45) is 0. The van der Waals surface area contributed by atoms with Crippen LogP contribution in [0.4, 0.5) is 0 Å². The Balaban J connectivity index is 2.91. The summed E-state index contributed by atoms with van der Waals surface area (Å²) in [5.74, 6) is -0.892. The Kier molecular flexibility index (Phi) is 5.36.